The van der Waals surface area contributed by atoms with E-state index in [4.69, 9.17) is 21.4 Å². The monoisotopic (exact) mass is 444 g/mol. The molecule has 6 heteroatoms. The van der Waals surface area contributed by atoms with E-state index in [2.05, 4.69) is 10.3 Å². The number of nitrogens with one attached hydrogen (secondary N) is 1. The maximum Gasteiger partial charge on any atom is 0.404 e. The van der Waals surface area contributed by atoms with Crippen LogP contribution in [0, 0.1) is 0 Å². The van der Waals surface area contributed by atoms with Gasteiger partial charge in [-0.3, -0.25) is 0 Å². The van der Waals surface area contributed by atoms with Crippen molar-refractivity contribution >= 4 is 40.2 Å². The average molecular weight is 445 g/mol. The number of fused-ring (bicyclic) bond motifs is 1. The molecule has 0 atom stereocenters. The van der Waals surface area contributed by atoms with Crippen LogP contribution in [0.25, 0.3) is 22.6 Å². The lowest BCUT2D eigenvalue weighted by Gasteiger charge is -2.11. The van der Waals surface area contributed by atoms with Crippen molar-refractivity contribution in [3.63, 3.8) is 0 Å². The van der Waals surface area contributed by atoms with E-state index >= 15 is 0 Å². The molecule has 160 valence electrons. The van der Waals surface area contributed by atoms with Crippen LogP contribution >= 0.6 is 11.6 Å². The third kappa shape index (κ3) is 5.65. The molecule has 0 unspecified atom stereocenters. The molecule has 1 heterocycles. The Morgan fingerprint density at radius 2 is 1.72 bits per heavy atom. The Balaban J connectivity index is 1.48. The number of carbonyl (C=O) groups is 1. The standard InChI is InChI=1S/C26H21ClN2O3/c27-22-10-5-18(6-11-22)15-21(16-28-26(30)31)19-8-13-24(14-9-19)32-17-23-12-7-20-3-1-2-4-25(20)29-23/h1-15,28H,16-17H2,(H,30,31). The summed E-state index contributed by atoms with van der Waals surface area (Å²) >= 11 is 5.96. The molecule has 0 bridgehead atoms. The predicted octanol–water partition coefficient (Wildman–Crippen LogP) is 6.28. The van der Waals surface area contributed by atoms with E-state index in [0.29, 0.717) is 17.4 Å². The van der Waals surface area contributed by atoms with Crippen LogP contribution in [0.5, 0.6) is 5.75 Å². The van der Waals surface area contributed by atoms with Crippen LogP contribution in [0.1, 0.15) is 16.8 Å². The van der Waals surface area contributed by atoms with Gasteiger partial charge in [-0.15, -0.1) is 0 Å². The Morgan fingerprint density at radius 1 is 0.969 bits per heavy atom. The zero-order chi connectivity index (χ0) is 22.3. The fraction of sp³-hybridized carbons (Fsp3) is 0.0769. The molecule has 0 aliphatic rings. The molecule has 32 heavy (non-hydrogen) atoms. The number of rotatable bonds is 7. The van der Waals surface area contributed by atoms with E-state index in [0.717, 1.165) is 33.3 Å². The molecule has 1 aromatic heterocycles. The van der Waals surface area contributed by atoms with E-state index < -0.39 is 6.09 Å². The van der Waals surface area contributed by atoms with Gasteiger partial charge >= 0.3 is 6.09 Å². The Labute approximate surface area is 191 Å². The normalized spacial score (nSPS) is 11.3. The van der Waals surface area contributed by atoms with Crippen LogP contribution in [-0.2, 0) is 6.61 Å². The van der Waals surface area contributed by atoms with Gasteiger partial charge in [0.2, 0.25) is 0 Å². The van der Waals surface area contributed by atoms with Crippen molar-refractivity contribution in [2.75, 3.05) is 6.54 Å². The topological polar surface area (TPSA) is 71.5 Å². The summed E-state index contributed by atoms with van der Waals surface area (Å²) in [6, 6.07) is 26.9. The molecule has 0 saturated heterocycles. The second-order valence-corrected chi connectivity index (χ2v) is 7.62. The number of carboxylic acid groups (broad SMARTS) is 1. The molecule has 0 saturated carbocycles. The van der Waals surface area contributed by atoms with E-state index in [-0.39, 0.29) is 6.54 Å². The van der Waals surface area contributed by atoms with Crippen LogP contribution < -0.4 is 10.1 Å². The zero-order valence-electron chi connectivity index (χ0n) is 17.2. The molecular weight excluding hydrogens is 424 g/mol. The average Bonchev–Trinajstić information content (AvgIpc) is 2.82. The summed E-state index contributed by atoms with van der Waals surface area (Å²) in [5, 5.41) is 13.2. The summed E-state index contributed by atoms with van der Waals surface area (Å²) < 4.78 is 5.90. The first-order valence-corrected chi connectivity index (χ1v) is 10.5. The predicted molar refractivity (Wildman–Crippen MR) is 128 cm³/mol. The lowest BCUT2D eigenvalue weighted by atomic mass is 10.0. The lowest BCUT2D eigenvalue weighted by molar-refractivity contribution is 0.196. The molecule has 2 N–H and O–H groups in total. The molecule has 3 aromatic carbocycles. The second kappa shape index (κ2) is 9.98. The Kier molecular flexibility index (Phi) is 6.68. The van der Waals surface area contributed by atoms with Gasteiger partial charge in [0.25, 0.3) is 0 Å². The third-order valence-electron chi connectivity index (χ3n) is 4.91. The Hall–Kier alpha value is -3.83. The van der Waals surface area contributed by atoms with Gasteiger partial charge < -0.3 is 15.2 Å². The molecule has 0 spiro atoms. The first kappa shape index (κ1) is 21.4. The molecular formula is C26H21ClN2O3. The number of halogens is 1. The number of benzene rings is 3. The molecule has 1 amide bonds. The first-order valence-electron chi connectivity index (χ1n) is 10.1. The minimum atomic E-state index is -1.07. The Bertz CT molecular complexity index is 1250. The van der Waals surface area contributed by atoms with Gasteiger partial charge in [0.05, 0.1) is 11.2 Å². The van der Waals surface area contributed by atoms with Crippen molar-refractivity contribution in [3.8, 4) is 5.75 Å². The molecule has 0 aliphatic carbocycles. The van der Waals surface area contributed by atoms with Crippen molar-refractivity contribution in [2.24, 2.45) is 0 Å². The van der Waals surface area contributed by atoms with Gasteiger partial charge in [0.15, 0.2) is 0 Å². The zero-order valence-corrected chi connectivity index (χ0v) is 17.9. The highest BCUT2D eigenvalue weighted by molar-refractivity contribution is 6.30. The van der Waals surface area contributed by atoms with Crippen LogP contribution in [-0.4, -0.2) is 22.7 Å². The van der Waals surface area contributed by atoms with Crippen molar-refractivity contribution in [3.05, 3.63) is 107 Å². The molecule has 0 aliphatic heterocycles. The van der Waals surface area contributed by atoms with E-state index in [1.54, 1.807) is 12.1 Å². The van der Waals surface area contributed by atoms with Gasteiger partial charge in [0.1, 0.15) is 12.4 Å². The second-order valence-electron chi connectivity index (χ2n) is 7.19. The molecule has 0 fully saturated rings. The Morgan fingerprint density at radius 3 is 2.47 bits per heavy atom. The van der Waals surface area contributed by atoms with Gasteiger partial charge in [-0.25, -0.2) is 9.78 Å². The molecule has 0 radical (unpaired) electrons. The van der Waals surface area contributed by atoms with Gasteiger partial charge in [-0.1, -0.05) is 60.1 Å². The number of ether oxygens (including phenoxy) is 1. The van der Waals surface area contributed by atoms with Crippen LogP contribution in [0.2, 0.25) is 5.02 Å². The van der Waals surface area contributed by atoms with Crippen molar-refractivity contribution < 1.29 is 14.6 Å². The summed E-state index contributed by atoms with van der Waals surface area (Å²) in [5.41, 5.74) is 4.44. The van der Waals surface area contributed by atoms with Crippen LogP contribution in [0.4, 0.5) is 4.79 Å². The van der Waals surface area contributed by atoms with Crippen molar-refractivity contribution in [1.29, 1.82) is 0 Å². The van der Waals surface area contributed by atoms with E-state index in [1.165, 1.54) is 0 Å². The van der Waals surface area contributed by atoms with Crippen molar-refractivity contribution in [1.82, 2.24) is 10.3 Å². The smallest absolute Gasteiger partial charge is 0.404 e. The highest BCUT2D eigenvalue weighted by Crippen LogP contribution is 2.23. The summed E-state index contributed by atoms with van der Waals surface area (Å²) in [7, 11) is 0. The van der Waals surface area contributed by atoms with Crippen molar-refractivity contribution in [2.45, 2.75) is 6.61 Å². The quantitative estimate of drug-likeness (QED) is 0.329. The minimum absolute atomic E-state index is 0.180. The largest absolute Gasteiger partial charge is 0.487 e. The maximum absolute atomic E-state index is 11.0. The fourth-order valence-corrected chi connectivity index (χ4v) is 3.40. The number of hydrogen-bond donors (Lipinski definition) is 2. The first-order chi connectivity index (χ1) is 15.6. The number of hydrogen-bond acceptors (Lipinski definition) is 3. The van der Waals surface area contributed by atoms with Gasteiger partial charge in [0, 0.05) is 17.0 Å². The third-order valence-corrected chi connectivity index (χ3v) is 5.16. The SMILES string of the molecule is O=C(O)NCC(=Cc1ccc(Cl)cc1)c1ccc(OCc2ccc3ccccc3n2)cc1. The number of amides is 1. The number of para-hydroxylation sites is 1. The highest BCUT2D eigenvalue weighted by atomic mass is 35.5. The fourth-order valence-electron chi connectivity index (χ4n) is 3.28. The lowest BCUT2D eigenvalue weighted by Crippen LogP contribution is -2.22. The molecule has 4 aromatic rings. The van der Waals surface area contributed by atoms with E-state index in [1.807, 2.05) is 78.9 Å². The summed E-state index contributed by atoms with van der Waals surface area (Å²) in [5.74, 6) is 0.709. The van der Waals surface area contributed by atoms with E-state index in [9.17, 15) is 4.79 Å². The van der Waals surface area contributed by atoms with Crippen LogP contribution in [0.3, 0.4) is 0 Å². The molecule has 4 rings (SSSR count). The minimum Gasteiger partial charge on any atom is -0.487 e. The highest BCUT2D eigenvalue weighted by Gasteiger charge is 2.06. The van der Waals surface area contributed by atoms with Gasteiger partial charge in [-0.2, -0.15) is 0 Å². The number of pyridine rings is 1. The number of aromatic nitrogens is 1. The summed E-state index contributed by atoms with van der Waals surface area (Å²) in [4.78, 5) is 15.6. The number of nitrogens with zero attached hydrogens (tertiary/aromatic N) is 1. The molecule has 5 nitrogen and oxygen atoms in total. The summed E-state index contributed by atoms with van der Waals surface area (Å²) in [6.45, 7) is 0.539. The maximum atomic E-state index is 11.0. The van der Waals surface area contributed by atoms with Gasteiger partial charge in [-0.05, 0) is 59.2 Å². The summed E-state index contributed by atoms with van der Waals surface area (Å²) in [6.07, 6.45) is 0.857. The van der Waals surface area contributed by atoms with Crippen LogP contribution in [0.15, 0.2) is 84.9 Å².